The van der Waals surface area contributed by atoms with Gasteiger partial charge in [-0.05, 0) is 36.5 Å². The minimum absolute atomic E-state index is 0.655. The van der Waals surface area contributed by atoms with Gasteiger partial charge in [-0.25, -0.2) is 4.99 Å². The van der Waals surface area contributed by atoms with Crippen molar-refractivity contribution in [3.05, 3.63) is 60.3 Å². The molecule has 1 aliphatic rings. The van der Waals surface area contributed by atoms with Crippen LogP contribution in [-0.2, 0) is 6.54 Å². The topological polar surface area (TPSA) is 56.9 Å². The number of fused-ring (bicyclic) bond motifs is 1. The highest BCUT2D eigenvalue weighted by Crippen LogP contribution is 2.21. The Labute approximate surface area is 149 Å². The smallest absolute Gasteiger partial charge is 0.200 e. The lowest BCUT2D eigenvalue weighted by Crippen LogP contribution is -2.47. The van der Waals surface area contributed by atoms with Gasteiger partial charge >= 0.3 is 0 Å². The number of benzene rings is 2. The van der Waals surface area contributed by atoms with Crippen molar-refractivity contribution in [1.29, 1.82) is 0 Å². The van der Waals surface area contributed by atoms with Crippen LogP contribution >= 0.6 is 0 Å². The third-order valence-electron chi connectivity index (χ3n) is 4.51. The zero-order valence-electron chi connectivity index (χ0n) is 15.2. The average molecular weight is 337 g/mol. The van der Waals surface area contributed by atoms with E-state index in [1.54, 1.807) is 0 Å². The van der Waals surface area contributed by atoms with Crippen molar-refractivity contribution in [1.82, 2.24) is 15.1 Å². The van der Waals surface area contributed by atoms with Gasteiger partial charge < -0.3 is 20.9 Å². The molecule has 0 saturated heterocycles. The van der Waals surface area contributed by atoms with Crippen molar-refractivity contribution in [3.8, 4) is 0 Å². The molecule has 5 nitrogen and oxygen atoms in total. The summed E-state index contributed by atoms with van der Waals surface area (Å²) < 4.78 is 0. The van der Waals surface area contributed by atoms with Crippen LogP contribution in [0.2, 0.25) is 0 Å². The van der Waals surface area contributed by atoms with Crippen molar-refractivity contribution in [3.63, 3.8) is 0 Å². The van der Waals surface area contributed by atoms with E-state index >= 15 is 0 Å². The van der Waals surface area contributed by atoms with Crippen LogP contribution in [0.25, 0.3) is 10.8 Å². The number of hydrogen-bond acceptors (Lipinski definition) is 5. The van der Waals surface area contributed by atoms with E-state index in [1.165, 1.54) is 16.3 Å². The van der Waals surface area contributed by atoms with E-state index in [1.807, 2.05) is 33.4 Å². The minimum atomic E-state index is -0.655. The standard InChI is InChI=1S/C20H27N5/c1-24(2)14-12-20(21)11-13-22-19(23-20)25(3)15-17-9-6-8-16-7-4-5-10-18(16)17/h4-11,13H,12,14-15,21H2,1-3H3,(H,22,23). The van der Waals surface area contributed by atoms with Gasteiger partial charge in [-0.3, -0.25) is 0 Å². The summed E-state index contributed by atoms with van der Waals surface area (Å²) in [5, 5.41) is 5.76. The molecule has 1 heterocycles. The average Bonchev–Trinajstić information content (AvgIpc) is 2.60. The summed E-state index contributed by atoms with van der Waals surface area (Å²) in [7, 11) is 6.13. The molecule has 2 aromatic carbocycles. The first-order valence-electron chi connectivity index (χ1n) is 8.62. The SMILES string of the molecule is CN(C)CCC1(N)C=CNC(N(C)Cc2cccc3ccccc23)=N1. The van der Waals surface area contributed by atoms with Crippen molar-refractivity contribution < 1.29 is 0 Å². The van der Waals surface area contributed by atoms with Gasteiger partial charge in [0.1, 0.15) is 5.66 Å². The first kappa shape index (κ1) is 17.5. The Hall–Kier alpha value is -2.37. The molecule has 132 valence electrons. The van der Waals surface area contributed by atoms with Crippen LogP contribution in [-0.4, -0.2) is 49.1 Å². The van der Waals surface area contributed by atoms with E-state index in [0.717, 1.165) is 25.5 Å². The molecule has 25 heavy (non-hydrogen) atoms. The summed E-state index contributed by atoms with van der Waals surface area (Å²) in [6.45, 7) is 1.66. The van der Waals surface area contributed by atoms with Gasteiger partial charge in [0.2, 0.25) is 0 Å². The predicted octanol–water partition coefficient (Wildman–Crippen LogP) is 2.35. The second-order valence-corrected chi connectivity index (χ2v) is 6.95. The van der Waals surface area contributed by atoms with Gasteiger partial charge in [0.05, 0.1) is 0 Å². The van der Waals surface area contributed by atoms with E-state index in [9.17, 15) is 0 Å². The molecule has 0 radical (unpaired) electrons. The lowest BCUT2D eigenvalue weighted by atomic mass is 10.0. The molecular weight excluding hydrogens is 310 g/mol. The monoisotopic (exact) mass is 337 g/mol. The largest absolute Gasteiger partial charge is 0.341 e. The van der Waals surface area contributed by atoms with E-state index in [-0.39, 0.29) is 0 Å². The first-order valence-corrected chi connectivity index (χ1v) is 8.62. The summed E-state index contributed by atoms with van der Waals surface area (Å²) in [6.07, 6.45) is 4.62. The fraction of sp³-hybridized carbons (Fsp3) is 0.350. The zero-order chi connectivity index (χ0) is 17.9. The molecule has 0 aliphatic carbocycles. The van der Waals surface area contributed by atoms with Crippen molar-refractivity contribution in [2.45, 2.75) is 18.6 Å². The predicted molar refractivity (Wildman–Crippen MR) is 105 cm³/mol. The van der Waals surface area contributed by atoms with E-state index < -0.39 is 5.66 Å². The number of aliphatic imine (C=N–C) groups is 1. The summed E-state index contributed by atoms with van der Waals surface area (Å²) >= 11 is 0. The first-order chi connectivity index (χ1) is 12.0. The second kappa shape index (κ2) is 7.25. The van der Waals surface area contributed by atoms with Gasteiger partial charge in [-0.15, -0.1) is 0 Å². The summed E-state index contributed by atoms with van der Waals surface area (Å²) in [5.74, 6) is 0.802. The highest BCUT2D eigenvalue weighted by atomic mass is 15.3. The second-order valence-electron chi connectivity index (χ2n) is 6.95. The van der Waals surface area contributed by atoms with E-state index in [4.69, 9.17) is 10.7 Å². The number of nitrogens with two attached hydrogens (primary N) is 1. The molecule has 3 N–H and O–H groups in total. The molecule has 1 unspecified atom stereocenters. The maximum Gasteiger partial charge on any atom is 0.200 e. The summed E-state index contributed by atoms with van der Waals surface area (Å²) in [6, 6.07) is 14.9. The lowest BCUT2D eigenvalue weighted by molar-refractivity contribution is 0.347. The molecule has 3 rings (SSSR count). The number of guanidine groups is 1. The molecule has 0 amide bonds. The Balaban J connectivity index is 1.78. The maximum atomic E-state index is 6.45. The number of nitrogens with zero attached hydrogens (tertiary/aromatic N) is 3. The normalized spacial score (nSPS) is 19.8. The highest BCUT2D eigenvalue weighted by molar-refractivity contribution is 5.87. The van der Waals surface area contributed by atoms with E-state index in [2.05, 4.69) is 57.6 Å². The molecule has 2 aromatic rings. The fourth-order valence-electron chi connectivity index (χ4n) is 3.03. The molecule has 0 saturated carbocycles. The van der Waals surface area contributed by atoms with Crippen molar-refractivity contribution in [2.75, 3.05) is 27.7 Å². The lowest BCUT2D eigenvalue weighted by Gasteiger charge is -2.31. The minimum Gasteiger partial charge on any atom is -0.341 e. The van der Waals surface area contributed by atoms with Crippen LogP contribution in [0, 0.1) is 0 Å². The molecule has 0 aromatic heterocycles. The van der Waals surface area contributed by atoms with Crippen molar-refractivity contribution >= 4 is 16.7 Å². The molecule has 0 bridgehead atoms. The Morgan fingerprint density at radius 1 is 1.08 bits per heavy atom. The van der Waals surface area contributed by atoms with Crippen LogP contribution in [0.4, 0.5) is 0 Å². The molecular formula is C20H27N5. The maximum absolute atomic E-state index is 6.45. The molecule has 0 spiro atoms. The van der Waals surface area contributed by atoms with Crippen LogP contribution < -0.4 is 11.1 Å². The summed E-state index contributed by atoms with van der Waals surface area (Å²) in [4.78, 5) is 9.00. The Morgan fingerprint density at radius 3 is 2.64 bits per heavy atom. The van der Waals surface area contributed by atoms with Crippen molar-refractivity contribution in [2.24, 2.45) is 10.7 Å². The van der Waals surface area contributed by atoms with Crippen LogP contribution in [0.5, 0.6) is 0 Å². The van der Waals surface area contributed by atoms with Crippen LogP contribution in [0.1, 0.15) is 12.0 Å². The third-order valence-corrected chi connectivity index (χ3v) is 4.51. The van der Waals surface area contributed by atoms with Gasteiger partial charge in [-0.2, -0.15) is 0 Å². The van der Waals surface area contributed by atoms with Gasteiger partial charge in [0.25, 0.3) is 0 Å². The molecule has 0 fully saturated rings. The number of rotatable bonds is 5. The third kappa shape index (κ3) is 4.18. The van der Waals surface area contributed by atoms with Crippen LogP contribution in [0.3, 0.4) is 0 Å². The Bertz CT molecular complexity index is 790. The fourth-order valence-corrected chi connectivity index (χ4v) is 3.03. The number of nitrogens with one attached hydrogen (secondary N) is 1. The summed E-state index contributed by atoms with van der Waals surface area (Å²) in [5.41, 5.74) is 7.07. The Morgan fingerprint density at radius 2 is 1.84 bits per heavy atom. The van der Waals surface area contributed by atoms with Crippen LogP contribution in [0.15, 0.2) is 59.7 Å². The van der Waals surface area contributed by atoms with Gasteiger partial charge in [-0.1, -0.05) is 42.5 Å². The zero-order valence-corrected chi connectivity index (χ0v) is 15.2. The molecule has 5 heteroatoms. The van der Waals surface area contributed by atoms with Gasteiger partial charge in [0, 0.05) is 32.8 Å². The Kier molecular flexibility index (Phi) is 5.06. The van der Waals surface area contributed by atoms with Gasteiger partial charge in [0.15, 0.2) is 5.96 Å². The molecule has 1 aliphatic heterocycles. The van der Waals surface area contributed by atoms with E-state index in [0.29, 0.717) is 0 Å². The number of hydrogen-bond donors (Lipinski definition) is 2. The molecule has 1 atom stereocenters. The highest BCUT2D eigenvalue weighted by Gasteiger charge is 2.25. The quantitative estimate of drug-likeness (QED) is 0.879.